The highest BCUT2D eigenvalue weighted by Gasteiger charge is 2.38. The Bertz CT molecular complexity index is 1340. The van der Waals surface area contributed by atoms with Crippen LogP contribution in [0.1, 0.15) is 46.8 Å². The summed E-state index contributed by atoms with van der Waals surface area (Å²) in [4.78, 5) is 39.4. The molecule has 2 amide bonds. The van der Waals surface area contributed by atoms with Gasteiger partial charge in [0.2, 0.25) is 0 Å². The van der Waals surface area contributed by atoms with E-state index >= 15 is 0 Å². The Morgan fingerprint density at radius 2 is 1.61 bits per heavy atom. The number of esters is 1. The monoisotopic (exact) mass is 502 g/mol. The summed E-state index contributed by atoms with van der Waals surface area (Å²) < 4.78 is 5.46. The molecule has 1 heterocycles. The van der Waals surface area contributed by atoms with Crippen molar-refractivity contribution in [2.24, 2.45) is 0 Å². The number of nitrogens with one attached hydrogen (secondary N) is 1. The van der Waals surface area contributed by atoms with Gasteiger partial charge in [0, 0.05) is 5.69 Å². The van der Waals surface area contributed by atoms with Crippen molar-refractivity contribution >= 4 is 40.8 Å². The van der Waals surface area contributed by atoms with Gasteiger partial charge in [-0.15, -0.1) is 0 Å². The lowest BCUT2D eigenvalue weighted by Crippen LogP contribution is -2.32. The molecule has 3 aromatic carbocycles. The second-order valence-electron chi connectivity index (χ2n) is 8.74. The summed E-state index contributed by atoms with van der Waals surface area (Å²) in [5.74, 6) is -1.15. The molecule has 1 aliphatic heterocycles. The number of nitrogens with zero attached hydrogens (tertiary/aromatic N) is 1. The van der Waals surface area contributed by atoms with E-state index in [1.165, 1.54) is 0 Å². The van der Waals surface area contributed by atoms with Crippen LogP contribution < -0.4 is 15.0 Å². The zero-order valence-corrected chi connectivity index (χ0v) is 21.2. The maximum atomic E-state index is 13.0. The number of rotatable bonds is 8. The minimum Gasteiger partial charge on any atom is -0.423 e. The molecule has 0 radical (unpaired) electrons. The number of anilines is 2. The van der Waals surface area contributed by atoms with Crippen molar-refractivity contribution in [3.8, 4) is 5.75 Å². The largest absolute Gasteiger partial charge is 0.423 e. The van der Waals surface area contributed by atoms with E-state index in [9.17, 15) is 14.4 Å². The van der Waals surface area contributed by atoms with Crippen molar-refractivity contribution in [3.63, 3.8) is 0 Å². The lowest BCUT2D eigenvalue weighted by molar-refractivity contribution is -0.120. The Hall–Kier alpha value is -3.90. The van der Waals surface area contributed by atoms with Crippen LogP contribution in [-0.4, -0.2) is 17.8 Å². The first-order chi connectivity index (χ1) is 17.3. The number of imide groups is 1. The Morgan fingerprint density at radius 1 is 0.917 bits per heavy atom. The molecule has 1 N–H and O–H groups in total. The second kappa shape index (κ2) is 10.8. The van der Waals surface area contributed by atoms with Crippen LogP contribution in [-0.2, 0) is 16.0 Å². The second-order valence-corrected chi connectivity index (χ2v) is 9.12. The first-order valence-electron chi connectivity index (χ1n) is 11.8. The molecule has 1 aliphatic rings. The van der Waals surface area contributed by atoms with Crippen molar-refractivity contribution in [2.75, 3.05) is 10.2 Å². The molecule has 6 nitrogen and oxygen atoms in total. The van der Waals surface area contributed by atoms with Gasteiger partial charge in [0.25, 0.3) is 11.8 Å². The number of halogens is 1. The third-order valence-corrected chi connectivity index (χ3v) is 6.47. The number of carbonyl (C=O) groups is 3. The fourth-order valence-corrected chi connectivity index (χ4v) is 4.03. The molecule has 0 saturated carbocycles. The Labute approximate surface area is 215 Å². The SMILES string of the molecule is CCCCc1ccc(N2C(=O)C(Cl)=C(Nc3ccc(C(=O)Oc4ccc(C)c(C)c4)cc3)C2=O)cc1. The van der Waals surface area contributed by atoms with Gasteiger partial charge in [-0.3, -0.25) is 9.59 Å². The standard InChI is InChI=1S/C29H27ClN2O4/c1-4-5-6-20-8-14-23(15-9-20)32-27(33)25(30)26(28(32)34)31-22-12-10-21(11-13-22)29(35)36-24-16-7-18(2)19(3)17-24/h7-17,31H,4-6H2,1-3H3. The summed E-state index contributed by atoms with van der Waals surface area (Å²) in [6, 6.07) is 19.2. The van der Waals surface area contributed by atoms with Crippen LogP contribution in [0.4, 0.5) is 11.4 Å². The van der Waals surface area contributed by atoms with Crippen LogP contribution >= 0.6 is 11.6 Å². The Balaban J connectivity index is 1.44. The van der Waals surface area contributed by atoms with Gasteiger partial charge in [0.05, 0.1) is 11.3 Å². The molecular weight excluding hydrogens is 476 g/mol. The van der Waals surface area contributed by atoms with E-state index in [4.69, 9.17) is 16.3 Å². The molecule has 3 aromatic rings. The fraction of sp³-hybridized carbons (Fsp3) is 0.207. The smallest absolute Gasteiger partial charge is 0.343 e. The summed E-state index contributed by atoms with van der Waals surface area (Å²) in [5, 5.41) is 2.74. The summed E-state index contributed by atoms with van der Waals surface area (Å²) in [5.41, 5.74) is 4.59. The van der Waals surface area contributed by atoms with Gasteiger partial charge in [0.15, 0.2) is 0 Å². The molecule has 184 valence electrons. The number of carbonyl (C=O) groups excluding carboxylic acids is 3. The topological polar surface area (TPSA) is 75.7 Å². The summed E-state index contributed by atoms with van der Waals surface area (Å²) in [6.45, 7) is 6.07. The zero-order chi connectivity index (χ0) is 25.8. The molecule has 0 unspecified atom stereocenters. The highest BCUT2D eigenvalue weighted by molar-refractivity contribution is 6.53. The van der Waals surface area contributed by atoms with E-state index in [0.717, 1.165) is 40.9 Å². The van der Waals surface area contributed by atoms with Crippen molar-refractivity contribution in [2.45, 2.75) is 40.0 Å². The van der Waals surface area contributed by atoms with Crippen LogP contribution in [0.3, 0.4) is 0 Å². The summed E-state index contributed by atoms with van der Waals surface area (Å²) in [7, 11) is 0. The van der Waals surface area contributed by atoms with Gasteiger partial charge in [-0.25, -0.2) is 9.69 Å². The third-order valence-electron chi connectivity index (χ3n) is 6.12. The van der Waals surface area contributed by atoms with Gasteiger partial charge >= 0.3 is 5.97 Å². The van der Waals surface area contributed by atoms with Crippen LogP contribution in [0.25, 0.3) is 0 Å². The molecule has 0 bridgehead atoms. The zero-order valence-electron chi connectivity index (χ0n) is 20.4. The lowest BCUT2D eigenvalue weighted by Gasteiger charge is -2.15. The lowest BCUT2D eigenvalue weighted by atomic mass is 10.1. The number of ether oxygens (including phenoxy) is 1. The molecule has 0 aliphatic carbocycles. The molecule has 0 atom stereocenters. The van der Waals surface area contributed by atoms with Crippen LogP contribution in [0.5, 0.6) is 5.75 Å². The van der Waals surface area contributed by atoms with E-state index < -0.39 is 17.8 Å². The summed E-state index contributed by atoms with van der Waals surface area (Å²) >= 11 is 6.24. The van der Waals surface area contributed by atoms with Crippen molar-refractivity contribution < 1.29 is 19.1 Å². The number of benzene rings is 3. The van der Waals surface area contributed by atoms with Crippen LogP contribution in [0, 0.1) is 13.8 Å². The maximum Gasteiger partial charge on any atom is 0.343 e. The minimum atomic E-state index is -0.584. The van der Waals surface area contributed by atoms with Gasteiger partial charge in [-0.2, -0.15) is 0 Å². The molecular formula is C29H27ClN2O4. The number of aryl methyl sites for hydroxylation is 3. The average molecular weight is 503 g/mol. The van der Waals surface area contributed by atoms with E-state index in [0.29, 0.717) is 22.7 Å². The van der Waals surface area contributed by atoms with E-state index in [1.54, 1.807) is 42.5 Å². The quantitative estimate of drug-likeness (QED) is 0.222. The highest BCUT2D eigenvalue weighted by atomic mass is 35.5. The van der Waals surface area contributed by atoms with Gasteiger partial charge in [-0.05, 0) is 91.9 Å². The average Bonchev–Trinajstić information content (AvgIpc) is 3.08. The Morgan fingerprint density at radius 3 is 2.25 bits per heavy atom. The molecule has 36 heavy (non-hydrogen) atoms. The van der Waals surface area contributed by atoms with E-state index in [1.807, 2.05) is 38.1 Å². The van der Waals surface area contributed by atoms with Gasteiger partial charge < -0.3 is 10.1 Å². The first-order valence-corrected chi connectivity index (χ1v) is 12.2. The van der Waals surface area contributed by atoms with Gasteiger partial charge in [0.1, 0.15) is 16.5 Å². The predicted molar refractivity (Wildman–Crippen MR) is 141 cm³/mol. The molecule has 0 fully saturated rings. The molecule has 0 aromatic heterocycles. The summed E-state index contributed by atoms with van der Waals surface area (Å²) in [6.07, 6.45) is 3.11. The van der Waals surface area contributed by atoms with Crippen molar-refractivity contribution in [1.29, 1.82) is 0 Å². The highest BCUT2D eigenvalue weighted by Crippen LogP contribution is 2.30. The van der Waals surface area contributed by atoms with Crippen molar-refractivity contribution in [1.82, 2.24) is 0 Å². The third kappa shape index (κ3) is 5.34. The van der Waals surface area contributed by atoms with Crippen molar-refractivity contribution in [3.05, 3.63) is 99.7 Å². The molecule has 4 rings (SSSR count). The normalized spacial score (nSPS) is 13.4. The van der Waals surface area contributed by atoms with E-state index in [2.05, 4.69) is 12.2 Å². The Kier molecular flexibility index (Phi) is 7.55. The maximum absolute atomic E-state index is 13.0. The molecule has 0 spiro atoms. The predicted octanol–water partition coefficient (Wildman–Crippen LogP) is 6.30. The number of hydrogen-bond acceptors (Lipinski definition) is 5. The first kappa shape index (κ1) is 25.2. The molecule has 0 saturated heterocycles. The van der Waals surface area contributed by atoms with Crippen LogP contribution in [0.2, 0.25) is 0 Å². The minimum absolute atomic E-state index is 0.0119. The number of unbranched alkanes of at least 4 members (excludes halogenated alkanes) is 1. The van der Waals surface area contributed by atoms with Crippen LogP contribution in [0.15, 0.2) is 77.5 Å². The number of amides is 2. The van der Waals surface area contributed by atoms with Gasteiger partial charge in [-0.1, -0.05) is 43.1 Å². The van der Waals surface area contributed by atoms with E-state index in [-0.39, 0.29) is 10.7 Å². The fourth-order valence-electron chi connectivity index (χ4n) is 3.82. The number of hydrogen-bond donors (Lipinski definition) is 1. The molecule has 7 heteroatoms.